The molecule has 0 saturated carbocycles. The Kier molecular flexibility index (Phi) is 7.74. The van der Waals surface area contributed by atoms with E-state index < -0.39 is 0 Å². The minimum Gasteiger partial charge on any atom is -0.493 e. The molecule has 1 aromatic rings. The fraction of sp³-hybridized carbons (Fsp3) is 0.526. The van der Waals surface area contributed by atoms with Gasteiger partial charge in [-0.1, -0.05) is 0 Å². The van der Waals surface area contributed by atoms with Crippen LogP contribution in [0.3, 0.4) is 0 Å². The van der Waals surface area contributed by atoms with Gasteiger partial charge in [-0.3, -0.25) is 9.69 Å². The van der Waals surface area contributed by atoms with Gasteiger partial charge in [-0.2, -0.15) is 0 Å². The predicted molar refractivity (Wildman–Crippen MR) is 99.5 cm³/mol. The van der Waals surface area contributed by atoms with Crippen molar-refractivity contribution in [3.05, 3.63) is 30.0 Å². The van der Waals surface area contributed by atoms with E-state index in [0.717, 1.165) is 32.8 Å². The number of rotatable bonds is 9. The van der Waals surface area contributed by atoms with Crippen molar-refractivity contribution in [1.82, 2.24) is 9.80 Å². The first-order valence-electron chi connectivity index (χ1n) is 8.63. The molecule has 1 aliphatic rings. The molecule has 0 radical (unpaired) electrons. The van der Waals surface area contributed by atoms with Crippen LogP contribution in [-0.2, 0) is 4.74 Å². The highest BCUT2D eigenvalue weighted by Gasteiger charge is 2.18. The number of ether oxygens (including phenoxy) is 4. The van der Waals surface area contributed by atoms with Crippen molar-refractivity contribution in [2.75, 3.05) is 67.8 Å². The molecule has 0 unspecified atom stereocenters. The van der Waals surface area contributed by atoms with Crippen LogP contribution in [0, 0.1) is 0 Å². The molecule has 0 amide bonds. The average molecular weight is 364 g/mol. The Labute approximate surface area is 155 Å². The summed E-state index contributed by atoms with van der Waals surface area (Å²) in [6.07, 6.45) is 3.21. The van der Waals surface area contributed by atoms with Gasteiger partial charge in [0.15, 0.2) is 17.3 Å². The summed E-state index contributed by atoms with van der Waals surface area (Å²) in [7, 11) is 6.81. The van der Waals surface area contributed by atoms with Gasteiger partial charge in [0.25, 0.3) is 0 Å². The van der Waals surface area contributed by atoms with Gasteiger partial charge >= 0.3 is 0 Å². The molecular formula is C19H28N2O5. The molecule has 144 valence electrons. The number of allylic oxidation sites excluding steroid dienone is 1. The zero-order chi connectivity index (χ0) is 18.9. The third kappa shape index (κ3) is 5.64. The van der Waals surface area contributed by atoms with E-state index in [1.54, 1.807) is 37.5 Å². The van der Waals surface area contributed by atoms with Gasteiger partial charge in [-0.05, 0) is 12.1 Å². The first kappa shape index (κ1) is 20.1. The number of ketones is 1. The van der Waals surface area contributed by atoms with E-state index in [1.807, 2.05) is 14.1 Å². The van der Waals surface area contributed by atoms with Crippen LogP contribution < -0.4 is 14.2 Å². The maximum absolute atomic E-state index is 12.3. The van der Waals surface area contributed by atoms with Gasteiger partial charge in [0, 0.05) is 51.6 Å². The van der Waals surface area contributed by atoms with Crippen molar-refractivity contribution >= 4 is 5.78 Å². The van der Waals surface area contributed by atoms with Crippen molar-refractivity contribution in [3.63, 3.8) is 0 Å². The van der Waals surface area contributed by atoms with Crippen LogP contribution >= 0.6 is 0 Å². The quantitative estimate of drug-likeness (QED) is 0.488. The zero-order valence-corrected chi connectivity index (χ0v) is 16.0. The van der Waals surface area contributed by atoms with Gasteiger partial charge in [-0.25, -0.2) is 0 Å². The molecule has 0 bridgehead atoms. The number of carbonyl (C=O) groups is 1. The Hall–Kier alpha value is -2.25. The molecule has 0 atom stereocenters. The van der Waals surface area contributed by atoms with E-state index in [0.29, 0.717) is 29.4 Å². The Morgan fingerprint density at radius 1 is 1.19 bits per heavy atom. The van der Waals surface area contributed by atoms with Gasteiger partial charge in [-0.15, -0.1) is 0 Å². The molecule has 1 aliphatic heterocycles. The van der Waals surface area contributed by atoms with E-state index in [1.165, 1.54) is 6.08 Å². The highest BCUT2D eigenvalue weighted by molar-refractivity contribution is 6.05. The standard InChI is InChI=1S/C19H28N2O5/c1-20(2)6-5-16(22)15-13-17(23-3)19(18(14-15)24-4)26-12-9-21-7-10-25-11-8-21/h5-6,13-14H,7-12H2,1-4H3/b6-5+. The Bertz CT molecular complexity index is 599. The van der Waals surface area contributed by atoms with E-state index in [2.05, 4.69) is 4.90 Å². The van der Waals surface area contributed by atoms with Crippen LogP contribution in [0.15, 0.2) is 24.4 Å². The first-order valence-corrected chi connectivity index (χ1v) is 8.63. The van der Waals surface area contributed by atoms with Crippen LogP contribution in [0.5, 0.6) is 17.2 Å². The summed E-state index contributed by atoms with van der Waals surface area (Å²) in [4.78, 5) is 16.4. The van der Waals surface area contributed by atoms with E-state index >= 15 is 0 Å². The predicted octanol–water partition coefficient (Wildman–Crippen LogP) is 1.67. The van der Waals surface area contributed by atoms with Crippen molar-refractivity contribution in [1.29, 1.82) is 0 Å². The average Bonchev–Trinajstić information content (AvgIpc) is 2.66. The van der Waals surface area contributed by atoms with Gasteiger partial charge < -0.3 is 23.8 Å². The topological polar surface area (TPSA) is 60.5 Å². The molecule has 1 saturated heterocycles. The summed E-state index contributed by atoms with van der Waals surface area (Å²) in [5, 5.41) is 0. The fourth-order valence-corrected chi connectivity index (χ4v) is 2.58. The summed E-state index contributed by atoms with van der Waals surface area (Å²) in [6.45, 7) is 4.61. The fourth-order valence-electron chi connectivity index (χ4n) is 2.58. The highest BCUT2D eigenvalue weighted by Crippen LogP contribution is 2.38. The molecule has 0 aromatic heterocycles. The molecule has 1 aromatic carbocycles. The minimum atomic E-state index is -0.129. The summed E-state index contributed by atoms with van der Waals surface area (Å²) in [5.74, 6) is 1.34. The van der Waals surface area contributed by atoms with Crippen LogP contribution in [0.1, 0.15) is 10.4 Å². The molecule has 26 heavy (non-hydrogen) atoms. The van der Waals surface area contributed by atoms with Gasteiger partial charge in [0.2, 0.25) is 5.75 Å². The molecular weight excluding hydrogens is 336 g/mol. The molecule has 7 nitrogen and oxygen atoms in total. The molecule has 2 rings (SSSR count). The van der Waals surface area contributed by atoms with E-state index in [4.69, 9.17) is 18.9 Å². The second-order valence-corrected chi connectivity index (χ2v) is 6.16. The summed E-state index contributed by atoms with van der Waals surface area (Å²) >= 11 is 0. The number of carbonyl (C=O) groups excluding carboxylic acids is 1. The van der Waals surface area contributed by atoms with Crippen molar-refractivity contribution in [3.8, 4) is 17.2 Å². The molecule has 0 aliphatic carbocycles. The Balaban J connectivity index is 2.10. The van der Waals surface area contributed by atoms with Crippen LogP contribution in [0.4, 0.5) is 0 Å². The minimum absolute atomic E-state index is 0.129. The number of hydrogen-bond donors (Lipinski definition) is 0. The van der Waals surface area contributed by atoms with Gasteiger partial charge in [0.1, 0.15) is 6.61 Å². The van der Waals surface area contributed by atoms with Crippen molar-refractivity contribution in [2.45, 2.75) is 0 Å². The van der Waals surface area contributed by atoms with E-state index in [-0.39, 0.29) is 5.78 Å². The highest BCUT2D eigenvalue weighted by atomic mass is 16.5. The normalized spacial score (nSPS) is 15.1. The second kappa shape index (κ2) is 10.0. The number of methoxy groups -OCH3 is 2. The van der Waals surface area contributed by atoms with Crippen molar-refractivity contribution < 1.29 is 23.7 Å². The van der Waals surface area contributed by atoms with Crippen molar-refractivity contribution in [2.24, 2.45) is 0 Å². The monoisotopic (exact) mass is 364 g/mol. The lowest BCUT2D eigenvalue weighted by molar-refractivity contribution is 0.0319. The lowest BCUT2D eigenvalue weighted by Gasteiger charge is -2.26. The maximum atomic E-state index is 12.3. The molecule has 0 N–H and O–H groups in total. The smallest absolute Gasteiger partial charge is 0.203 e. The largest absolute Gasteiger partial charge is 0.493 e. The zero-order valence-electron chi connectivity index (χ0n) is 16.0. The second-order valence-electron chi connectivity index (χ2n) is 6.16. The Morgan fingerprint density at radius 2 is 1.81 bits per heavy atom. The van der Waals surface area contributed by atoms with Gasteiger partial charge in [0.05, 0.1) is 27.4 Å². The third-order valence-electron chi connectivity index (χ3n) is 4.03. The summed E-state index contributed by atoms with van der Waals surface area (Å²) in [6, 6.07) is 3.35. The van der Waals surface area contributed by atoms with Crippen LogP contribution in [0.25, 0.3) is 0 Å². The molecule has 7 heteroatoms. The summed E-state index contributed by atoms with van der Waals surface area (Å²) < 4.78 is 22.1. The van der Waals surface area contributed by atoms with Crippen LogP contribution in [0.2, 0.25) is 0 Å². The SMILES string of the molecule is COc1cc(C(=O)/C=C/N(C)C)cc(OC)c1OCCN1CCOCC1. The number of nitrogens with zero attached hydrogens (tertiary/aromatic N) is 2. The lowest BCUT2D eigenvalue weighted by atomic mass is 10.1. The van der Waals surface area contributed by atoms with Crippen LogP contribution in [-0.4, -0.2) is 83.4 Å². The third-order valence-corrected chi connectivity index (χ3v) is 4.03. The molecule has 0 spiro atoms. The number of hydrogen-bond acceptors (Lipinski definition) is 7. The van der Waals surface area contributed by atoms with E-state index in [9.17, 15) is 4.79 Å². The lowest BCUT2D eigenvalue weighted by Crippen LogP contribution is -2.38. The summed E-state index contributed by atoms with van der Waals surface area (Å²) in [5.41, 5.74) is 0.484. The molecule has 1 heterocycles. The number of morpholine rings is 1. The first-order chi connectivity index (χ1) is 12.5. The Morgan fingerprint density at radius 3 is 2.35 bits per heavy atom. The number of benzene rings is 1. The maximum Gasteiger partial charge on any atom is 0.203 e. The molecule has 1 fully saturated rings.